The molecule has 2 aromatic rings. The molecule has 106 valence electrons. The second-order valence-corrected chi connectivity index (χ2v) is 9.33. The zero-order valence-corrected chi connectivity index (χ0v) is 12.6. The van der Waals surface area contributed by atoms with Crippen LogP contribution < -0.4 is 10.6 Å². The Labute approximate surface area is 118 Å². The van der Waals surface area contributed by atoms with Crippen LogP contribution in [0.5, 0.6) is 0 Å². The summed E-state index contributed by atoms with van der Waals surface area (Å²) < 4.78 is 39.8. The van der Waals surface area contributed by atoms with Crippen LogP contribution in [0.4, 0.5) is 8.78 Å². The molecular formula is C16H17F2OP. The largest absolute Gasteiger partial charge is 0.313 e. The molecule has 0 bridgehead atoms. The predicted octanol–water partition coefficient (Wildman–Crippen LogP) is 4.08. The molecule has 0 radical (unpaired) electrons. The highest BCUT2D eigenvalue weighted by molar-refractivity contribution is 7.80. The Balaban J connectivity index is 2.66. The van der Waals surface area contributed by atoms with Gasteiger partial charge in [0.05, 0.1) is 0 Å². The molecule has 0 aliphatic carbocycles. The summed E-state index contributed by atoms with van der Waals surface area (Å²) in [4.78, 5) is 0. The maximum absolute atomic E-state index is 13.6. The summed E-state index contributed by atoms with van der Waals surface area (Å²) in [5.74, 6) is -0.735. The summed E-state index contributed by atoms with van der Waals surface area (Å²) in [6.45, 7) is 5.63. The maximum Gasteiger partial charge on any atom is 0.148 e. The van der Waals surface area contributed by atoms with Gasteiger partial charge in [0.2, 0.25) is 0 Å². The average molecular weight is 294 g/mol. The van der Waals surface area contributed by atoms with Gasteiger partial charge in [-0.3, -0.25) is 0 Å². The van der Waals surface area contributed by atoms with Crippen LogP contribution in [0.2, 0.25) is 0 Å². The fourth-order valence-corrected chi connectivity index (χ4v) is 5.21. The molecule has 0 spiro atoms. The molecule has 1 nitrogen and oxygen atoms in total. The van der Waals surface area contributed by atoms with E-state index < -0.39 is 12.3 Å². The number of hydrogen-bond donors (Lipinski definition) is 0. The van der Waals surface area contributed by atoms with Crippen LogP contribution in [0.3, 0.4) is 0 Å². The van der Waals surface area contributed by atoms with Gasteiger partial charge in [0.15, 0.2) is 0 Å². The number of hydrogen-bond acceptors (Lipinski definition) is 1. The zero-order chi connectivity index (χ0) is 15.0. The van der Waals surface area contributed by atoms with E-state index in [0.29, 0.717) is 10.6 Å². The molecule has 0 aromatic heterocycles. The molecule has 0 aliphatic heterocycles. The Bertz CT molecular complexity index is 590. The average Bonchev–Trinajstić information content (AvgIpc) is 2.38. The summed E-state index contributed by atoms with van der Waals surface area (Å²) in [5.41, 5.74) is 0. The van der Waals surface area contributed by atoms with Crippen LogP contribution in [0.15, 0.2) is 48.5 Å². The van der Waals surface area contributed by atoms with Crippen molar-refractivity contribution < 1.29 is 13.3 Å². The first kappa shape index (κ1) is 14.9. The van der Waals surface area contributed by atoms with Gasteiger partial charge in [-0.1, -0.05) is 20.8 Å². The first-order valence-corrected chi connectivity index (χ1v) is 8.08. The van der Waals surface area contributed by atoms with Gasteiger partial charge in [-0.25, -0.2) is 8.78 Å². The van der Waals surface area contributed by atoms with Crippen molar-refractivity contribution in [3.05, 3.63) is 60.2 Å². The van der Waals surface area contributed by atoms with Crippen molar-refractivity contribution in [1.29, 1.82) is 0 Å². The van der Waals surface area contributed by atoms with Gasteiger partial charge in [0.1, 0.15) is 18.8 Å². The highest BCUT2D eigenvalue weighted by Crippen LogP contribution is 2.55. The molecular weight excluding hydrogens is 277 g/mol. The molecule has 20 heavy (non-hydrogen) atoms. The summed E-state index contributed by atoms with van der Waals surface area (Å²) in [5, 5.41) is 0.624. The first-order chi connectivity index (χ1) is 9.25. The van der Waals surface area contributed by atoms with Crippen LogP contribution >= 0.6 is 7.14 Å². The van der Waals surface area contributed by atoms with E-state index in [1.54, 1.807) is 24.3 Å². The lowest BCUT2D eigenvalue weighted by Crippen LogP contribution is -2.30. The summed E-state index contributed by atoms with van der Waals surface area (Å²) in [6, 6.07) is 11.4. The second-order valence-electron chi connectivity index (χ2n) is 5.73. The fraction of sp³-hybridized carbons (Fsp3) is 0.250. The second kappa shape index (κ2) is 5.14. The van der Waals surface area contributed by atoms with Gasteiger partial charge in [0, 0.05) is 15.8 Å². The van der Waals surface area contributed by atoms with Crippen molar-refractivity contribution in [2.24, 2.45) is 0 Å². The lowest BCUT2D eigenvalue weighted by molar-refractivity contribution is 0.563. The third-order valence-corrected chi connectivity index (χ3v) is 7.27. The third-order valence-electron chi connectivity index (χ3n) is 3.33. The molecule has 0 fully saturated rings. The van der Waals surface area contributed by atoms with E-state index in [1.165, 1.54) is 24.3 Å². The molecule has 2 rings (SSSR count). The van der Waals surface area contributed by atoms with E-state index in [0.717, 1.165) is 0 Å². The molecule has 0 amide bonds. The van der Waals surface area contributed by atoms with E-state index in [1.807, 2.05) is 20.8 Å². The highest BCUT2D eigenvalue weighted by Gasteiger charge is 2.39. The zero-order valence-electron chi connectivity index (χ0n) is 11.7. The summed E-state index contributed by atoms with van der Waals surface area (Å²) in [6.07, 6.45) is 0. The Hall–Kier alpha value is -1.47. The SMILES string of the molecule is CC(C)(C)P(=O)(c1ccc(F)cc1)c1ccc(F)cc1. The van der Waals surface area contributed by atoms with E-state index in [2.05, 4.69) is 0 Å². The lowest BCUT2D eigenvalue weighted by Gasteiger charge is -2.32. The van der Waals surface area contributed by atoms with E-state index in [4.69, 9.17) is 0 Å². The smallest absolute Gasteiger partial charge is 0.148 e. The Morgan fingerprint density at radius 1 is 0.750 bits per heavy atom. The number of rotatable bonds is 2. The Morgan fingerprint density at radius 3 is 1.30 bits per heavy atom. The van der Waals surface area contributed by atoms with Crippen molar-refractivity contribution in [1.82, 2.24) is 0 Å². The normalized spacial score (nSPS) is 12.4. The van der Waals surface area contributed by atoms with Gasteiger partial charge in [0.25, 0.3) is 0 Å². The minimum atomic E-state index is -2.98. The van der Waals surface area contributed by atoms with Gasteiger partial charge >= 0.3 is 0 Å². The number of benzene rings is 2. The monoisotopic (exact) mass is 294 g/mol. The Morgan fingerprint density at radius 2 is 1.05 bits per heavy atom. The van der Waals surface area contributed by atoms with Crippen LogP contribution in [0, 0.1) is 11.6 Å². The molecule has 0 saturated carbocycles. The van der Waals surface area contributed by atoms with E-state index in [9.17, 15) is 13.3 Å². The summed E-state index contributed by atoms with van der Waals surface area (Å²) >= 11 is 0. The maximum atomic E-state index is 13.6. The minimum absolute atomic E-state index is 0.367. The van der Waals surface area contributed by atoms with Gasteiger partial charge < -0.3 is 4.57 Å². The molecule has 0 atom stereocenters. The first-order valence-electron chi connectivity index (χ1n) is 6.37. The van der Waals surface area contributed by atoms with Crippen LogP contribution in [0.25, 0.3) is 0 Å². The van der Waals surface area contributed by atoms with Crippen molar-refractivity contribution in [3.8, 4) is 0 Å². The van der Waals surface area contributed by atoms with Crippen LogP contribution in [-0.2, 0) is 4.57 Å². The lowest BCUT2D eigenvalue weighted by atomic mass is 10.2. The van der Waals surface area contributed by atoms with Gasteiger partial charge in [-0.05, 0) is 48.5 Å². The van der Waals surface area contributed by atoms with E-state index in [-0.39, 0.29) is 11.6 Å². The molecule has 0 saturated heterocycles. The van der Waals surface area contributed by atoms with Crippen molar-refractivity contribution in [2.75, 3.05) is 0 Å². The molecule has 0 unspecified atom stereocenters. The summed E-state index contributed by atoms with van der Waals surface area (Å²) in [7, 11) is -2.98. The molecule has 2 aromatic carbocycles. The minimum Gasteiger partial charge on any atom is -0.313 e. The quantitative estimate of drug-likeness (QED) is 0.763. The van der Waals surface area contributed by atoms with Crippen LogP contribution in [-0.4, -0.2) is 5.16 Å². The van der Waals surface area contributed by atoms with E-state index >= 15 is 0 Å². The topological polar surface area (TPSA) is 17.1 Å². The van der Waals surface area contributed by atoms with Gasteiger partial charge in [-0.15, -0.1) is 0 Å². The molecule has 4 heteroatoms. The Kier molecular flexibility index (Phi) is 3.84. The standard InChI is InChI=1S/C16H17F2OP/c1-16(2,3)20(19,14-8-4-12(17)5-9-14)15-10-6-13(18)7-11-15/h4-11H,1-3H3. The van der Waals surface area contributed by atoms with Crippen molar-refractivity contribution in [2.45, 2.75) is 25.9 Å². The van der Waals surface area contributed by atoms with Crippen molar-refractivity contribution in [3.63, 3.8) is 0 Å². The number of halogens is 2. The van der Waals surface area contributed by atoms with Gasteiger partial charge in [-0.2, -0.15) is 0 Å². The fourth-order valence-electron chi connectivity index (χ4n) is 2.23. The highest BCUT2D eigenvalue weighted by atomic mass is 31.2. The third kappa shape index (κ3) is 2.55. The predicted molar refractivity (Wildman–Crippen MR) is 79.4 cm³/mol. The van der Waals surface area contributed by atoms with Crippen LogP contribution in [0.1, 0.15) is 20.8 Å². The molecule has 0 aliphatic rings. The van der Waals surface area contributed by atoms with Crippen molar-refractivity contribution >= 4 is 17.8 Å². The molecule has 0 N–H and O–H groups in total. The molecule has 0 heterocycles.